The summed E-state index contributed by atoms with van der Waals surface area (Å²) in [5.41, 5.74) is 1.11. The summed E-state index contributed by atoms with van der Waals surface area (Å²) < 4.78 is 2.06. The van der Waals surface area contributed by atoms with Crippen molar-refractivity contribution in [2.75, 3.05) is 33.7 Å². The van der Waals surface area contributed by atoms with Crippen LogP contribution in [0.3, 0.4) is 0 Å². The third kappa shape index (κ3) is 4.07. The van der Waals surface area contributed by atoms with Crippen molar-refractivity contribution < 1.29 is 4.79 Å². The van der Waals surface area contributed by atoms with E-state index in [9.17, 15) is 4.79 Å². The first-order chi connectivity index (χ1) is 12.1. The molecule has 0 unspecified atom stereocenters. The summed E-state index contributed by atoms with van der Waals surface area (Å²) in [5, 5.41) is 0. The Bertz CT molecular complexity index is 724. The zero-order valence-electron chi connectivity index (χ0n) is 15.4. The summed E-state index contributed by atoms with van der Waals surface area (Å²) in [7, 11) is 3.62. The maximum Gasteiger partial charge on any atom is 0.236 e. The molecule has 6 nitrogen and oxygen atoms in total. The van der Waals surface area contributed by atoms with E-state index in [1.165, 1.54) is 0 Å². The Morgan fingerprint density at radius 1 is 1.36 bits per heavy atom. The molecule has 0 radical (unpaired) electrons. The van der Waals surface area contributed by atoms with E-state index in [1.807, 2.05) is 32.6 Å². The molecular weight excluding hydrogens is 314 g/mol. The molecule has 0 N–H and O–H groups in total. The molecule has 1 saturated heterocycles. The van der Waals surface area contributed by atoms with Crippen LogP contribution in [0.15, 0.2) is 30.6 Å². The van der Waals surface area contributed by atoms with Crippen LogP contribution in [0.5, 0.6) is 0 Å². The topological polar surface area (TPSA) is 54.3 Å². The minimum absolute atomic E-state index is 0.161. The van der Waals surface area contributed by atoms with Gasteiger partial charge < -0.3 is 4.90 Å². The van der Waals surface area contributed by atoms with Gasteiger partial charge in [0.25, 0.3) is 0 Å². The van der Waals surface area contributed by atoms with Crippen LogP contribution in [-0.4, -0.2) is 64.0 Å². The van der Waals surface area contributed by atoms with Crippen LogP contribution in [0, 0.1) is 0 Å². The Morgan fingerprint density at radius 3 is 2.96 bits per heavy atom. The molecule has 1 amide bonds. The summed E-state index contributed by atoms with van der Waals surface area (Å²) in [5.74, 6) is 2.48. The van der Waals surface area contributed by atoms with Crippen molar-refractivity contribution in [2.24, 2.45) is 0 Å². The monoisotopic (exact) mass is 341 g/mol. The molecule has 3 rings (SSSR count). The van der Waals surface area contributed by atoms with E-state index in [4.69, 9.17) is 4.98 Å². The van der Waals surface area contributed by atoms with Gasteiger partial charge in [0.1, 0.15) is 11.6 Å². The largest absolute Gasteiger partial charge is 0.348 e. The molecule has 0 saturated carbocycles. The number of amides is 1. The first kappa shape index (κ1) is 17.6. The average molecular weight is 341 g/mol. The highest BCUT2D eigenvalue weighted by Crippen LogP contribution is 2.26. The van der Waals surface area contributed by atoms with Gasteiger partial charge in [-0.05, 0) is 31.5 Å². The predicted octanol–water partition coefficient (Wildman–Crippen LogP) is 2.10. The van der Waals surface area contributed by atoms with Gasteiger partial charge in [0.15, 0.2) is 0 Å². The molecule has 1 aliphatic heterocycles. The molecule has 1 aliphatic rings. The Hall–Kier alpha value is -2.21. The quantitative estimate of drug-likeness (QED) is 0.836. The maximum atomic E-state index is 12.0. The third-order valence-corrected chi connectivity index (χ3v) is 4.82. The van der Waals surface area contributed by atoms with Gasteiger partial charge in [-0.15, -0.1) is 0 Å². The molecular formula is C19H27N5O. The molecule has 0 aliphatic carbocycles. The van der Waals surface area contributed by atoms with Crippen molar-refractivity contribution in [3.63, 3.8) is 0 Å². The average Bonchev–Trinajstić information content (AvgIpc) is 3.11. The van der Waals surface area contributed by atoms with Crippen LogP contribution in [0.25, 0.3) is 5.82 Å². The summed E-state index contributed by atoms with van der Waals surface area (Å²) in [6, 6.07) is 6.20. The Balaban J connectivity index is 1.75. The number of aromatic nitrogens is 3. The van der Waals surface area contributed by atoms with Crippen molar-refractivity contribution in [2.45, 2.75) is 32.1 Å². The lowest BCUT2D eigenvalue weighted by Crippen LogP contribution is -2.41. The molecule has 2 aromatic rings. The second-order valence-corrected chi connectivity index (χ2v) is 6.85. The number of likely N-dealkylation sites (N-methyl/N-ethyl adjacent to an activating group) is 1. The second kappa shape index (κ2) is 7.78. The van der Waals surface area contributed by atoms with E-state index in [0.717, 1.165) is 49.7 Å². The number of pyridine rings is 1. The number of nitrogens with zero attached hydrogens (tertiary/aromatic N) is 5. The number of hydrogen-bond donors (Lipinski definition) is 0. The number of aryl methyl sites for hydroxylation is 1. The van der Waals surface area contributed by atoms with Gasteiger partial charge in [-0.2, -0.15) is 0 Å². The van der Waals surface area contributed by atoms with E-state index in [1.54, 1.807) is 4.90 Å². The molecule has 134 valence electrons. The molecule has 0 aromatic carbocycles. The van der Waals surface area contributed by atoms with Crippen LogP contribution in [0.1, 0.15) is 37.2 Å². The first-order valence-electron chi connectivity index (χ1n) is 9.00. The van der Waals surface area contributed by atoms with Gasteiger partial charge >= 0.3 is 0 Å². The van der Waals surface area contributed by atoms with Crippen molar-refractivity contribution in [1.29, 1.82) is 0 Å². The van der Waals surface area contributed by atoms with Crippen LogP contribution < -0.4 is 0 Å². The summed E-state index contributed by atoms with van der Waals surface area (Å²) in [4.78, 5) is 25.2. The summed E-state index contributed by atoms with van der Waals surface area (Å²) >= 11 is 0. The van der Waals surface area contributed by atoms with Gasteiger partial charge in [0, 0.05) is 51.1 Å². The molecule has 3 heterocycles. The Kier molecular flexibility index (Phi) is 5.48. The van der Waals surface area contributed by atoms with E-state index < -0.39 is 0 Å². The molecule has 1 atom stereocenters. The fourth-order valence-corrected chi connectivity index (χ4v) is 3.38. The van der Waals surface area contributed by atoms with Crippen LogP contribution >= 0.6 is 0 Å². The highest BCUT2D eigenvalue weighted by Gasteiger charge is 2.24. The van der Waals surface area contributed by atoms with E-state index >= 15 is 0 Å². The van der Waals surface area contributed by atoms with Gasteiger partial charge in [-0.25, -0.2) is 9.97 Å². The van der Waals surface area contributed by atoms with Crippen molar-refractivity contribution in [3.8, 4) is 5.82 Å². The smallest absolute Gasteiger partial charge is 0.236 e. The van der Waals surface area contributed by atoms with Crippen molar-refractivity contribution >= 4 is 5.91 Å². The molecule has 25 heavy (non-hydrogen) atoms. The lowest BCUT2D eigenvalue weighted by molar-refractivity contribution is -0.130. The molecule has 0 spiro atoms. The Labute approximate surface area is 149 Å². The zero-order valence-corrected chi connectivity index (χ0v) is 15.4. The zero-order chi connectivity index (χ0) is 17.8. The minimum atomic E-state index is 0.161. The Morgan fingerprint density at radius 2 is 2.20 bits per heavy atom. The lowest BCUT2D eigenvalue weighted by atomic mass is 9.94. The van der Waals surface area contributed by atoms with Crippen molar-refractivity contribution in [1.82, 2.24) is 24.3 Å². The SMILES string of the molecule is CCc1nccn1-c1cccc([C@H]2CCCN(CC(=O)N(C)C)C2)n1. The molecule has 0 bridgehead atoms. The second-order valence-electron chi connectivity index (χ2n) is 6.85. The molecule has 2 aromatic heterocycles. The number of likely N-dealkylation sites (tertiary alicyclic amines) is 1. The number of imidazole rings is 1. The highest BCUT2D eigenvalue weighted by molar-refractivity contribution is 5.77. The van der Waals surface area contributed by atoms with E-state index in [-0.39, 0.29) is 5.91 Å². The lowest BCUT2D eigenvalue weighted by Gasteiger charge is -2.32. The fourth-order valence-electron chi connectivity index (χ4n) is 3.38. The van der Waals surface area contributed by atoms with E-state index in [0.29, 0.717) is 12.5 Å². The maximum absolute atomic E-state index is 12.0. The van der Waals surface area contributed by atoms with Gasteiger partial charge in [-0.3, -0.25) is 14.3 Å². The van der Waals surface area contributed by atoms with Crippen LogP contribution in [-0.2, 0) is 11.2 Å². The van der Waals surface area contributed by atoms with Crippen LogP contribution in [0.4, 0.5) is 0 Å². The fraction of sp³-hybridized carbons (Fsp3) is 0.526. The number of carbonyl (C=O) groups is 1. The summed E-state index contributed by atoms with van der Waals surface area (Å²) in [6.07, 6.45) is 6.88. The molecule has 1 fully saturated rings. The summed E-state index contributed by atoms with van der Waals surface area (Å²) in [6.45, 7) is 4.46. The number of hydrogen-bond acceptors (Lipinski definition) is 4. The van der Waals surface area contributed by atoms with E-state index in [2.05, 4.69) is 33.5 Å². The third-order valence-electron chi connectivity index (χ3n) is 4.82. The normalized spacial score (nSPS) is 18.3. The predicted molar refractivity (Wildman–Crippen MR) is 97.8 cm³/mol. The number of carbonyl (C=O) groups excluding carboxylic acids is 1. The van der Waals surface area contributed by atoms with Crippen LogP contribution in [0.2, 0.25) is 0 Å². The number of rotatable bonds is 5. The highest BCUT2D eigenvalue weighted by atomic mass is 16.2. The standard InChI is InChI=1S/C19H27N5O/c1-4-17-20-10-12-24(17)18-9-5-8-16(21-18)15-7-6-11-23(13-15)14-19(25)22(2)3/h5,8-10,12,15H,4,6-7,11,13-14H2,1-3H3/t15-/m0/s1. The number of piperidine rings is 1. The first-order valence-corrected chi connectivity index (χ1v) is 9.00. The minimum Gasteiger partial charge on any atom is -0.348 e. The molecule has 6 heteroatoms. The van der Waals surface area contributed by atoms with Gasteiger partial charge in [-0.1, -0.05) is 13.0 Å². The van der Waals surface area contributed by atoms with Gasteiger partial charge in [0.2, 0.25) is 5.91 Å². The van der Waals surface area contributed by atoms with Gasteiger partial charge in [0.05, 0.1) is 6.54 Å². The van der Waals surface area contributed by atoms with Crippen molar-refractivity contribution in [3.05, 3.63) is 42.1 Å².